The summed E-state index contributed by atoms with van der Waals surface area (Å²) < 4.78 is 0. The monoisotopic (exact) mass is 280 g/mol. The molecule has 2 rings (SSSR count). The van der Waals surface area contributed by atoms with Crippen molar-refractivity contribution in [2.75, 3.05) is 18.4 Å². The number of nitrogens with zero attached hydrogens (tertiary/aromatic N) is 1. The molecule has 2 amide bonds. The number of nitrogens with one attached hydrogen (secondary N) is 1. The van der Waals surface area contributed by atoms with Crippen LogP contribution in [-0.2, 0) is 4.79 Å². The molecular weight excluding hydrogens is 264 g/mol. The Balaban J connectivity index is 1.94. The molecule has 1 fully saturated rings. The van der Waals surface area contributed by atoms with Crippen LogP contribution in [0.25, 0.3) is 0 Å². The molecule has 1 aliphatic heterocycles. The number of carbonyl (C=O) groups is 2. The van der Waals surface area contributed by atoms with Gasteiger partial charge < -0.3 is 25.5 Å². The number of benzene rings is 1. The van der Waals surface area contributed by atoms with Gasteiger partial charge in [-0.2, -0.15) is 0 Å². The number of hydrogen-bond donors (Lipinski definition) is 4. The molecule has 0 unspecified atom stereocenters. The lowest BCUT2D eigenvalue weighted by molar-refractivity contribution is -0.143. The van der Waals surface area contributed by atoms with Crippen molar-refractivity contribution in [1.29, 1.82) is 0 Å². The van der Waals surface area contributed by atoms with Crippen molar-refractivity contribution in [3.8, 4) is 11.5 Å². The van der Waals surface area contributed by atoms with Crippen LogP contribution in [0.15, 0.2) is 18.2 Å². The van der Waals surface area contributed by atoms with Gasteiger partial charge in [0.1, 0.15) is 11.5 Å². The van der Waals surface area contributed by atoms with E-state index in [1.165, 1.54) is 17.0 Å². The molecule has 0 aliphatic carbocycles. The Morgan fingerprint density at radius 2 is 1.65 bits per heavy atom. The lowest BCUT2D eigenvalue weighted by Crippen LogP contribution is -2.42. The Hall–Kier alpha value is -2.44. The predicted molar refractivity (Wildman–Crippen MR) is 70.7 cm³/mol. The van der Waals surface area contributed by atoms with Gasteiger partial charge in [0.15, 0.2) is 0 Å². The molecule has 1 saturated heterocycles. The van der Waals surface area contributed by atoms with Crippen LogP contribution in [0.4, 0.5) is 10.5 Å². The van der Waals surface area contributed by atoms with E-state index in [4.69, 9.17) is 5.11 Å². The maximum atomic E-state index is 12.0. The lowest BCUT2D eigenvalue weighted by atomic mass is 9.97. The van der Waals surface area contributed by atoms with E-state index < -0.39 is 11.9 Å². The van der Waals surface area contributed by atoms with Crippen LogP contribution in [0.3, 0.4) is 0 Å². The number of aliphatic carboxylic acids is 1. The van der Waals surface area contributed by atoms with Gasteiger partial charge in [0.05, 0.1) is 5.92 Å². The zero-order chi connectivity index (χ0) is 14.7. The van der Waals surface area contributed by atoms with Crippen molar-refractivity contribution in [1.82, 2.24) is 4.90 Å². The second-order valence-electron chi connectivity index (χ2n) is 4.77. The molecule has 1 aliphatic rings. The third kappa shape index (κ3) is 3.31. The third-order valence-corrected chi connectivity index (χ3v) is 3.29. The Morgan fingerprint density at radius 1 is 1.10 bits per heavy atom. The molecule has 0 atom stereocenters. The Labute approximate surface area is 115 Å². The summed E-state index contributed by atoms with van der Waals surface area (Å²) in [7, 11) is 0. The highest BCUT2D eigenvalue weighted by molar-refractivity contribution is 5.90. The van der Waals surface area contributed by atoms with Gasteiger partial charge in [-0.25, -0.2) is 4.79 Å². The highest BCUT2D eigenvalue weighted by Gasteiger charge is 2.26. The zero-order valence-electron chi connectivity index (χ0n) is 10.7. The van der Waals surface area contributed by atoms with Crippen LogP contribution < -0.4 is 5.32 Å². The van der Waals surface area contributed by atoms with E-state index >= 15 is 0 Å². The van der Waals surface area contributed by atoms with Gasteiger partial charge in [0.2, 0.25) is 0 Å². The predicted octanol–water partition coefficient (Wildman–Crippen LogP) is 1.43. The standard InChI is InChI=1S/C13H16N2O5/c16-10-5-9(6-11(17)7-10)14-13(20)15-3-1-8(2-4-15)12(18)19/h5-8,16-17H,1-4H2,(H,14,20)(H,18,19). The van der Waals surface area contributed by atoms with Gasteiger partial charge in [0, 0.05) is 37.0 Å². The first-order valence-corrected chi connectivity index (χ1v) is 6.27. The molecular formula is C13H16N2O5. The maximum absolute atomic E-state index is 12.0. The van der Waals surface area contributed by atoms with E-state index in [0.29, 0.717) is 25.9 Å². The second kappa shape index (κ2) is 5.68. The number of hydrogen-bond acceptors (Lipinski definition) is 4. The molecule has 0 bridgehead atoms. The number of amides is 2. The smallest absolute Gasteiger partial charge is 0.321 e. The normalized spacial score (nSPS) is 15.9. The summed E-state index contributed by atoms with van der Waals surface area (Å²) in [5, 5.41) is 30.1. The van der Waals surface area contributed by atoms with Crippen LogP contribution in [0, 0.1) is 5.92 Å². The van der Waals surface area contributed by atoms with Crippen LogP contribution in [0.2, 0.25) is 0 Å². The SMILES string of the molecule is O=C(O)C1CCN(C(=O)Nc2cc(O)cc(O)c2)CC1. The minimum Gasteiger partial charge on any atom is -0.508 e. The average molecular weight is 280 g/mol. The van der Waals surface area contributed by atoms with E-state index in [-0.39, 0.29) is 23.2 Å². The molecule has 1 aromatic carbocycles. The fourth-order valence-corrected chi connectivity index (χ4v) is 2.20. The number of carbonyl (C=O) groups excluding carboxylic acids is 1. The maximum Gasteiger partial charge on any atom is 0.321 e. The highest BCUT2D eigenvalue weighted by Crippen LogP contribution is 2.25. The van der Waals surface area contributed by atoms with Gasteiger partial charge in [0.25, 0.3) is 0 Å². The molecule has 1 heterocycles. The van der Waals surface area contributed by atoms with Crippen molar-refractivity contribution < 1.29 is 24.9 Å². The van der Waals surface area contributed by atoms with E-state index in [0.717, 1.165) is 6.07 Å². The summed E-state index contributed by atoms with van der Waals surface area (Å²) in [6, 6.07) is 3.43. The van der Waals surface area contributed by atoms with Gasteiger partial charge in [-0.3, -0.25) is 4.79 Å². The number of phenols is 2. The number of anilines is 1. The number of carboxylic acids is 1. The number of phenolic OH excluding ortho intramolecular Hbond substituents is 2. The Morgan fingerprint density at radius 3 is 2.15 bits per heavy atom. The third-order valence-electron chi connectivity index (χ3n) is 3.29. The van der Waals surface area contributed by atoms with E-state index in [1.807, 2.05) is 0 Å². The summed E-state index contributed by atoms with van der Waals surface area (Å²) >= 11 is 0. The van der Waals surface area contributed by atoms with Crippen LogP contribution in [0.5, 0.6) is 11.5 Å². The minimum absolute atomic E-state index is 0.148. The first-order valence-electron chi connectivity index (χ1n) is 6.27. The molecule has 108 valence electrons. The largest absolute Gasteiger partial charge is 0.508 e. The van der Waals surface area contributed by atoms with E-state index in [1.54, 1.807) is 0 Å². The second-order valence-corrected chi connectivity index (χ2v) is 4.77. The summed E-state index contributed by atoms with van der Waals surface area (Å²) in [5.74, 6) is -1.53. The molecule has 0 aromatic heterocycles. The van der Waals surface area contributed by atoms with Crippen molar-refractivity contribution in [3.05, 3.63) is 18.2 Å². The molecule has 1 aromatic rings. The number of rotatable bonds is 2. The van der Waals surface area contributed by atoms with Crippen molar-refractivity contribution >= 4 is 17.7 Å². The van der Waals surface area contributed by atoms with E-state index in [2.05, 4.69) is 5.32 Å². The first-order chi connectivity index (χ1) is 9.45. The quantitative estimate of drug-likeness (QED) is 0.655. The zero-order valence-corrected chi connectivity index (χ0v) is 10.7. The minimum atomic E-state index is -0.831. The van der Waals surface area contributed by atoms with Crippen LogP contribution in [-0.4, -0.2) is 45.3 Å². The van der Waals surface area contributed by atoms with Crippen molar-refractivity contribution in [2.45, 2.75) is 12.8 Å². The number of urea groups is 1. The van der Waals surface area contributed by atoms with Crippen molar-refractivity contribution in [3.63, 3.8) is 0 Å². The van der Waals surface area contributed by atoms with Gasteiger partial charge in [-0.05, 0) is 12.8 Å². The number of piperidine rings is 1. The number of aromatic hydroxyl groups is 2. The fourth-order valence-electron chi connectivity index (χ4n) is 2.20. The molecule has 7 heteroatoms. The topological polar surface area (TPSA) is 110 Å². The highest BCUT2D eigenvalue weighted by atomic mass is 16.4. The molecule has 7 nitrogen and oxygen atoms in total. The van der Waals surface area contributed by atoms with E-state index in [9.17, 15) is 19.8 Å². The van der Waals surface area contributed by atoms with Crippen LogP contribution in [0.1, 0.15) is 12.8 Å². The van der Waals surface area contributed by atoms with Gasteiger partial charge in [-0.1, -0.05) is 0 Å². The molecule has 0 spiro atoms. The summed E-state index contributed by atoms with van der Waals surface area (Å²) in [6.45, 7) is 0.737. The van der Waals surface area contributed by atoms with Crippen molar-refractivity contribution in [2.24, 2.45) is 5.92 Å². The Bertz CT molecular complexity index is 503. The molecule has 20 heavy (non-hydrogen) atoms. The molecule has 0 saturated carbocycles. The summed E-state index contributed by atoms with van der Waals surface area (Å²) in [5.41, 5.74) is 0.285. The average Bonchev–Trinajstić information content (AvgIpc) is 2.37. The lowest BCUT2D eigenvalue weighted by Gasteiger charge is -2.30. The molecule has 4 N–H and O–H groups in total. The fraction of sp³-hybridized carbons (Fsp3) is 0.385. The summed E-state index contributed by atoms with van der Waals surface area (Å²) in [4.78, 5) is 24.3. The van der Waals surface area contributed by atoms with Crippen LogP contribution >= 0.6 is 0 Å². The number of carboxylic acid groups (broad SMARTS) is 1. The first kappa shape index (κ1) is 14.0. The number of likely N-dealkylation sites (tertiary alicyclic amines) is 1. The molecule has 0 radical (unpaired) electrons. The Kier molecular flexibility index (Phi) is 3.97. The van der Waals surface area contributed by atoms with Gasteiger partial charge in [-0.15, -0.1) is 0 Å². The summed E-state index contributed by atoms with van der Waals surface area (Å²) in [6.07, 6.45) is 0.849. The van der Waals surface area contributed by atoms with Gasteiger partial charge >= 0.3 is 12.0 Å².